The zero-order valence-corrected chi connectivity index (χ0v) is 22.5. The average Bonchev–Trinajstić information content (AvgIpc) is 3.63. The van der Waals surface area contributed by atoms with Crippen molar-refractivity contribution in [2.75, 3.05) is 6.54 Å². The molecule has 9 heteroatoms. The van der Waals surface area contributed by atoms with E-state index in [1.165, 1.54) is 6.42 Å². The summed E-state index contributed by atoms with van der Waals surface area (Å²) in [7, 11) is 0. The first-order valence-corrected chi connectivity index (χ1v) is 13.8. The molecule has 1 atom stereocenters. The third-order valence-electron chi connectivity index (χ3n) is 8.29. The number of fused-ring (bicyclic) bond motifs is 2. The van der Waals surface area contributed by atoms with Crippen molar-refractivity contribution in [2.24, 2.45) is 0 Å². The van der Waals surface area contributed by atoms with Crippen LogP contribution in [0, 0.1) is 0 Å². The van der Waals surface area contributed by atoms with Gasteiger partial charge in [0.05, 0.1) is 0 Å². The van der Waals surface area contributed by atoms with Crippen LogP contribution in [0.2, 0.25) is 0 Å². The first kappa shape index (κ1) is 25.7. The van der Waals surface area contributed by atoms with Crippen LogP contribution in [0.15, 0.2) is 73.1 Å². The molecule has 4 N–H and O–H groups in total. The summed E-state index contributed by atoms with van der Waals surface area (Å²) in [5, 5.41) is 18.1. The Kier molecular flexibility index (Phi) is 6.79. The molecule has 1 aliphatic carbocycles. The lowest BCUT2D eigenvalue weighted by atomic mass is 9.71. The van der Waals surface area contributed by atoms with Crippen molar-refractivity contribution in [2.45, 2.75) is 56.4 Å². The number of pyridine rings is 1. The molecule has 1 saturated carbocycles. The molecule has 0 radical (unpaired) electrons. The molecule has 2 amide bonds. The highest BCUT2D eigenvalue weighted by molar-refractivity contribution is 6.01. The molecule has 0 spiro atoms. The topological polar surface area (TPSA) is 128 Å². The van der Waals surface area contributed by atoms with E-state index in [0.717, 1.165) is 47.8 Å². The van der Waals surface area contributed by atoms with Crippen LogP contribution in [-0.4, -0.2) is 49.3 Å². The van der Waals surface area contributed by atoms with Crippen LogP contribution in [0.1, 0.15) is 60.6 Å². The minimum atomic E-state index is -1.22. The second-order valence-corrected chi connectivity index (χ2v) is 11.1. The van der Waals surface area contributed by atoms with Gasteiger partial charge in [-0.05, 0) is 61.7 Å². The minimum absolute atomic E-state index is 0.223. The summed E-state index contributed by atoms with van der Waals surface area (Å²) in [4.78, 5) is 35.6. The molecule has 3 aromatic heterocycles. The standard InChI is InChI=1S/C31H33N7O2/c1-30(18-22-19-33-24-10-4-3-9-23(22)24,35-28(39)21-12-13-25-26(17-21)37-38-36-25)29(40)34-20-31(14-6-2-7-15-31)27-11-5-8-16-32-27/h3-5,8-13,16-17,19,33H,2,6-7,14-15,18,20H2,1H3,(H,34,40)(H,35,39)(H,36,37,38)/t30-/m0/s1. The lowest BCUT2D eigenvalue weighted by molar-refractivity contribution is -0.127. The van der Waals surface area contributed by atoms with E-state index in [2.05, 4.69) is 42.1 Å². The van der Waals surface area contributed by atoms with E-state index in [4.69, 9.17) is 0 Å². The molecule has 6 rings (SSSR count). The van der Waals surface area contributed by atoms with E-state index >= 15 is 0 Å². The number of carbonyl (C=O) groups is 2. The zero-order valence-electron chi connectivity index (χ0n) is 22.5. The number of nitrogens with one attached hydrogen (secondary N) is 4. The summed E-state index contributed by atoms with van der Waals surface area (Å²) in [5.41, 5.74) is 3.18. The Balaban J connectivity index is 1.29. The molecular weight excluding hydrogens is 502 g/mol. The highest BCUT2D eigenvalue weighted by atomic mass is 16.2. The van der Waals surface area contributed by atoms with Crippen LogP contribution in [0.4, 0.5) is 0 Å². The molecule has 40 heavy (non-hydrogen) atoms. The first-order chi connectivity index (χ1) is 19.5. The quantitative estimate of drug-likeness (QED) is 0.231. The molecule has 0 bridgehead atoms. The second kappa shape index (κ2) is 10.6. The van der Waals surface area contributed by atoms with Gasteiger partial charge in [-0.25, -0.2) is 0 Å². The van der Waals surface area contributed by atoms with Crippen LogP contribution >= 0.6 is 0 Å². The Morgan fingerprint density at radius 1 is 0.975 bits per heavy atom. The van der Waals surface area contributed by atoms with Gasteiger partial charge >= 0.3 is 0 Å². The van der Waals surface area contributed by atoms with Crippen molar-refractivity contribution in [3.8, 4) is 0 Å². The van der Waals surface area contributed by atoms with Gasteiger partial charge in [-0.1, -0.05) is 43.5 Å². The van der Waals surface area contributed by atoms with Gasteiger partial charge < -0.3 is 15.6 Å². The zero-order chi connectivity index (χ0) is 27.6. The van der Waals surface area contributed by atoms with E-state index in [0.29, 0.717) is 29.6 Å². The predicted molar refractivity (Wildman–Crippen MR) is 154 cm³/mol. The summed E-state index contributed by atoms with van der Waals surface area (Å²) in [6, 6.07) is 19.1. The SMILES string of the molecule is C[C@@](Cc1c[nH]c2ccccc12)(NC(=O)c1ccc2n[nH]nc2c1)C(=O)NCC1(c2ccccn2)CCCCC1. The molecule has 0 aliphatic heterocycles. The maximum Gasteiger partial charge on any atom is 0.252 e. The Morgan fingerprint density at radius 3 is 2.60 bits per heavy atom. The summed E-state index contributed by atoms with van der Waals surface area (Å²) in [5.74, 6) is -0.575. The Hall–Kier alpha value is -4.53. The number of para-hydroxylation sites is 1. The maximum atomic E-state index is 14.1. The third kappa shape index (κ3) is 4.95. The van der Waals surface area contributed by atoms with Crippen LogP contribution in [0.5, 0.6) is 0 Å². The number of carbonyl (C=O) groups excluding carboxylic acids is 2. The normalized spacial score (nSPS) is 16.4. The number of amides is 2. The van der Waals surface area contributed by atoms with Crippen LogP contribution in [0.25, 0.3) is 21.9 Å². The second-order valence-electron chi connectivity index (χ2n) is 11.1. The largest absolute Gasteiger partial charge is 0.361 e. The van der Waals surface area contributed by atoms with Crippen molar-refractivity contribution in [1.82, 2.24) is 36.0 Å². The fourth-order valence-electron chi connectivity index (χ4n) is 6.02. The van der Waals surface area contributed by atoms with Crippen LogP contribution < -0.4 is 10.6 Å². The molecule has 0 saturated heterocycles. The fraction of sp³-hybridized carbons (Fsp3) is 0.323. The molecule has 204 valence electrons. The lowest BCUT2D eigenvalue weighted by Gasteiger charge is -2.38. The smallest absolute Gasteiger partial charge is 0.252 e. The van der Waals surface area contributed by atoms with Crippen molar-refractivity contribution >= 4 is 33.8 Å². The lowest BCUT2D eigenvalue weighted by Crippen LogP contribution is -2.59. The Morgan fingerprint density at radius 2 is 1.77 bits per heavy atom. The number of rotatable bonds is 8. The summed E-state index contributed by atoms with van der Waals surface area (Å²) < 4.78 is 0. The summed E-state index contributed by atoms with van der Waals surface area (Å²) >= 11 is 0. The van der Waals surface area contributed by atoms with Gasteiger partial charge in [0.1, 0.15) is 16.6 Å². The van der Waals surface area contributed by atoms with E-state index in [1.807, 2.05) is 48.8 Å². The molecule has 9 nitrogen and oxygen atoms in total. The van der Waals surface area contributed by atoms with Gasteiger partial charge in [0, 0.05) is 52.9 Å². The predicted octanol–water partition coefficient (Wildman–Crippen LogP) is 4.58. The van der Waals surface area contributed by atoms with Crippen LogP contribution in [-0.2, 0) is 16.6 Å². The number of nitrogens with zero attached hydrogens (tertiary/aromatic N) is 3. The van der Waals surface area contributed by atoms with E-state index < -0.39 is 5.54 Å². The highest BCUT2D eigenvalue weighted by Gasteiger charge is 2.40. The molecule has 2 aromatic carbocycles. The van der Waals surface area contributed by atoms with E-state index in [9.17, 15) is 9.59 Å². The number of hydrogen-bond donors (Lipinski definition) is 4. The molecule has 5 aromatic rings. The number of H-pyrrole nitrogens is 2. The number of benzene rings is 2. The van der Waals surface area contributed by atoms with Gasteiger partial charge in [0.2, 0.25) is 5.91 Å². The van der Waals surface area contributed by atoms with Gasteiger partial charge in [-0.3, -0.25) is 14.6 Å². The molecule has 0 unspecified atom stereocenters. The van der Waals surface area contributed by atoms with E-state index in [1.54, 1.807) is 25.1 Å². The first-order valence-electron chi connectivity index (χ1n) is 13.8. The summed E-state index contributed by atoms with van der Waals surface area (Å²) in [6.45, 7) is 2.26. The summed E-state index contributed by atoms with van der Waals surface area (Å²) in [6.07, 6.45) is 9.37. The van der Waals surface area contributed by atoms with Crippen molar-refractivity contribution in [1.29, 1.82) is 0 Å². The third-order valence-corrected chi connectivity index (χ3v) is 8.29. The van der Waals surface area contributed by atoms with E-state index in [-0.39, 0.29) is 17.2 Å². The molecule has 1 fully saturated rings. The van der Waals surface area contributed by atoms with Crippen LogP contribution in [0.3, 0.4) is 0 Å². The Bertz CT molecular complexity index is 1650. The maximum absolute atomic E-state index is 14.1. The van der Waals surface area contributed by atoms with Crippen molar-refractivity contribution in [3.63, 3.8) is 0 Å². The van der Waals surface area contributed by atoms with Gasteiger partial charge in [0.25, 0.3) is 5.91 Å². The molecular formula is C31H33N7O2. The molecule has 1 aliphatic rings. The number of hydrogen-bond acceptors (Lipinski definition) is 5. The van der Waals surface area contributed by atoms with Gasteiger partial charge in [-0.2, -0.15) is 15.4 Å². The highest BCUT2D eigenvalue weighted by Crippen LogP contribution is 2.38. The van der Waals surface area contributed by atoms with Crippen molar-refractivity contribution in [3.05, 3.63) is 89.9 Å². The van der Waals surface area contributed by atoms with Gasteiger partial charge in [0.15, 0.2) is 0 Å². The van der Waals surface area contributed by atoms with Gasteiger partial charge in [-0.15, -0.1) is 0 Å². The number of aromatic nitrogens is 5. The fourth-order valence-corrected chi connectivity index (χ4v) is 6.02. The monoisotopic (exact) mass is 535 g/mol. The van der Waals surface area contributed by atoms with Crippen molar-refractivity contribution < 1.29 is 9.59 Å². The Labute approximate surface area is 232 Å². The number of aromatic amines is 2. The average molecular weight is 536 g/mol. The minimum Gasteiger partial charge on any atom is -0.361 e. The molecule has 3 heterocycles.